The Kier molecular flexibility index (Phi) is 6.62. The van der Waals surface area contributed by atoms with Crippen molar-refractivity contribution in [2.24, 2.45) is 0 Å². The van der Waals surface area contributed by atoms with Gasteiger partial charge in [-0.25, -0.2) is 0 Å². The zero-order chi connectivity index (χ0) is 30.0. The molecule has 0 radical (unpaired) electrons. The van der Waals surface area contributed by atoms with Gasteiger partial charge in [0.1, 0.15) is 0 Å². The van der Waals surface area contributed by atoms with E-state index < -0.39 is 11.9 Å². The first-order chi connectivity index (χ1) is 20.5. The van der Waals surface area contributed by atoms with Gasteiger partial charge in [-0.05, 0) is 116 Å². The Morgan fingerprint density at radius 3 is 1.56 bits per heavy atom. The molecule has 1 saturated heterocycles. The molecule has 5 heteroatoms. The average molecular weight is 582 g/mol. The highest BCUT2D eigenvalue weighted by Crippen LogP contribution is 2.52. The van der Waals surface area contributed by atoms with Crippen molar-refractivity contribution in [3.63, 3.8) is 0 Å². The van der Waals surface area contributed by atoms with E-state index in [-0.39, 0.29) is 11.2 Å². The molecular formula is C38H36BNO2S. The Morgan fingerprint density at radius 2 is 1.00 bits per heavy atom. The lowest BCUT2D eigenvalue weighted by atomic mass is 9.77. The summed E-state index contributed by atoms with van der Waals surface area (Å²) in [4.78, 5) is 2.28. The summed E-state index contributed by atoms with van der Waals surface area (Å²) in [6, 6.07) is 43.2. The quantitative estimate of drug-likeness (QED) is 0.165. The summed E-state index contributed by atoms with van der Waals surface area (Å²) in [5.74, 6) is 0. The first kappa shape index (κ1) is 28.0. The molecule has 1 heterocycles. The average Bonchev–Trinajstić information content (AvgIpc) is 3.37. The summed E-state index contributed by atoms with van der Waals surface area (Å²) >= 11 is 5.26. The van der Waals surface area contributed by atoms with Crippen molar-refractivity contribution in [3.05, 3.63) is 132 Å². The lowest BCUT2D eigenvalue weighted by Crippen LogP contribution is -2.41. The summed E-state index contributed by atoms with van der Waals surface area (Å²) < 4.78 is 12.3. The Hall–Kier alpha value is -3.77. The molecular weight excluding hydrogens is 545 g/mol. The van der Waals surface area contributed by atoms with Gasteiger partial charge in [-0.15, -0.1) is 0 Å². The number of thiol groups is 1. The van der Waals surface area contributed by atoms with Gasteiger partial charge < -0.3 is 14.2 Å². The van der Waals surface area contributed by atoms with Crippen LogP contribution >= 0.6 is 12.6 Å². The fraction of sp³-hybridized carbons (Fsp3) is 0.211. The maximum atomic E-state index is 6.36. The Morgan fingerprint density at radius 1 is 0.535 bits per heavy atom. The van der Waals surface area contributed by atoms with Crippen LogP contribution in [0.5, 0.6) is 0 Å². The van der Waals surface area contributed by atoms with Crippen molar-refractivity contribution >= 4 is 42.3 Å². The number of nitrogens with zero attached hydrogens (tertiary/aromatic N) is 1. The van der Waals surface area contributed by atoms with E-state index in [0.717, 1.165) is 22.5 Å². The van der Waals surface area contributed by atoms with E-state index in [0.29, 0.717) is 0 Å². The van der Waals surface area contributed by atoms with Crippen LogP contribution in [-0.4, -0.2) is 18.3 Å². The molecule has 0 N–H and O–H groups in total. The number of anilines is 3. The number of rotatable bonds is 5. The highest BCUT2D eigenvalue weighted by atomic mass is 32.1. The molecule has 1 fully saturated rings. The largest absolute Gasteiger partial charge is 0.494 e. The third-order valence-corrected chi connectivity index (χ3v) is 9.90. The maximum absolute atomic E-state index is 6.36. The molecule has 2 aliphatic rings. The van der Waals surface area contributed by atoms with Crippen molar-refractivity contribution < 1.29 is 9.31 Å². The molecule has 0 aromatic heterocycles. The summed E-state index contributed by atoms with van der Waals surface area (Å²) in [6.45, 7) is 10.6. The predicted molar refractivity (Wildman–Crippen MR) is 183 cm³/mol. The van der Waals surface area contributed by atoms with Gasteiger partial charge in [-0.1, -0.05) is 78.9 Å². The molecule has 1 unspecified atom stereocenters. The lowest BCUT2D eigenvalue weighted by Gasteiger charge is -2.32. The summed E-state index contributed by atoms with van der Waals surface area (Å²) in [5.41, 5.74) is 10.8. The number of benzene rings is 5. The van der Waals surface area contributed by atoms with Crippen molar-refractivity contribution in [2.45, 2.75) is 50.6 Å². The van der Waals surface area contributed by atoms with Crippen LogP contribution in [0.25, 0.3) is 22.3 Å². The number of para-hydroxylation sites is 2. The van der Waals surface area contributed by atoms with Crippen LogP contribution in [0.4, 0.5) is 17.1 Å². The molecule has 0 spiro atoms. The zero-order valence-corrected chi connectivity index (χ0v) is 26.2. The van der Waals surface area contributed by atoms with Gasteiger partial charge in [0.05, 0.1) is 15.9 Å². The van der Waals surface area contributed by atoms with Gasteiger partial charge in [0.25, 0.3) is 0 Å². The first-order valence-corrected chi connectivity index (χ1v) is 15.4. The van der Waals surface area contributed by atoms with E-state index in [2.05, 4.69) is 161 Å². The molecule has 5 aromatic rings. The maximum Gasteiger partial charge on any atom is 0.494 e. The molecule has 5 aromatic carbocycles. The van der Waals surface area contributed by atoms with Gasteiger partial charge in [0.15, 0.2) is 0 Å². The van der Waals surface area contributed by atoms with Crippen LogP contribution in [0.15, 0.2) is 121 Å². The van der Waals surface area contributed by atoms with Crippen LogP contribution in [0.3, 0.4) is 0 Å². The van der Waals surface area contributed by atoms with Crippen molar-refractivity contribution in [1.82, 2.24) is 0 Å². The lowest BCUT2D eigenvalue weighted by molar-refractivity contribution is 0.00578. The minimum atomic E-state index is -0.447. The standard InChI is InChI=1S/C38H36BNO2S/c1-36(2)37(3,4)42-39(41-36)28-19-23-33-32-22-18-27(24-34(32)38(5,43)35(33)25-28)26-16-20-31(21-17-26)40(29-12-8-6-9-13-29)30-14-10-7-11-15-30/h6-25,43H,1-5H3. The van der Waals surface area contributed by atoms with Gasteiger partial charge in [-0.2, -0.15) is 12.6 Å². The van der Waals surface area contributed by atoms with Crippen LogP contribution in [0.2, 0.25) is 0 Å². The Labute approximate surface area is 261 Å². The number of fused-ring (bicyclic) bond motifs is 3. The van der Waals surface area contributed by atoms with Crippen LogP contribution in [0, 0.1) is 0 Å². The van der Waals surface area contributed by atoms with E-state index in [4.69, 9.17) is 21.9 Å². The molecule has 1 atom stereocenters. The molecule has 0 amide bonds. The SMILES string of the molecule is CC1(S)c2cc(B3OC(C)(C)C(C)(C)O3)ccc2-c2ccc(-c3ccc(N(c4ccccc4)c4ccccc4)cc3)cc21. The highest BCUT2D eigenvalue weighted by Gasteiger charge is 2.52. The second-order valence-corrected chi connectivity index (χ2v) is 13.7. The van der Waals surface area contributed by atoms with E-state index in [1.54, 1.807) is 0 Å². The number of hydrogen-bond donors (Lipinski definition) is 1. The fourth-order valence-electron chi connectivity index (χ4n) is 6.24. The first-order valence-electron chi connectivity index (χ1n) is 14.9. The van der Waals surface area contributed by atoms with Gasteiger partial charge in [-0.3, -0.25) is 0 Å². The summed E-state index contributed by atoms with van der Waals surface area (Å²) in [5, 5.41) is 0. The molecule has 7 rings (SSSR count). The van der Waals surface area contributed by atoms with Crippen LogP contribution < -0.4 is 10.4 Å². The molecule has 3 nitrogen and oxygen atoms in total. The second-order valence-electron chi connectivity index (χ2n) is 12.8. The number of hydrogen-bond acceptors (Lipinski definition) is 4. The van der Waals surface area contributed by atoms with Gasteiger partial charge in [0, 0.05) is 17.1 Å². The predicted octanol–water partition coefficient (Wildman–Crippen LogP) is 9.30. The van der Waals surface area contributed by atoms with Crippen molar-refractivity contribution in [3.8, 4) is 22.3 Å². The normalized spacial score (nSPS) is 19.6. The second kappa shape index (κ2) is 10.2. The summed E-state index contributed by atoms with van der Waals surface area (Å²) in [6.07, 6.45) is 0. The van der Waals surface area contributed by atoms with Gasteiger partial charge >= 0.3 is 7.12 Å². The Bertz CT molecular complexity index is 1740. The third-order valence-electron chi connectivity index (χ3n) is 9.42. The van der Waals surface area contributed by atoms with E-state index in [1.807, 2.05) is 0 Å². The molecule has 1 aliphatic carbocycles. The summed E-state index contributed by atoms with van der Waals surface area (Å²) in [7, 11) is -0.399. The monoisotopic (exact) mass is 581 g/mol. The third kappa shape index (κ3) is 4.71. The minimum absolute atomic E-state index is 0.381. The van der Waals surface area contributed by atoms with Crippen LogP contribution in [-0.2, 0) is 14.1 Å². The zero-order valence-electron chi connectivity index (χ0n) is 25.3. The molecule has 0 saturated carbocycles. The van der Waals surface area contributed by atoms with E-state index in [9.17, 15) is 0 Å². The van der Waals surface area contributed by atoms with Crippen LogP contribution in [0.1, 0.15) is 45.7 Å². The molecule has 0 bridgehead atoms. The topological polar surface area (TPSA) is 21.7 Å². The van der Waals surface area contributed by atoms with Crippen molar-refractivity contribution in [2.75, 3.05) is 4.90 Å². The smallest absolute Gasteiger partial charge is 0.399 e. The van der Waals surface area contributed by atoms with E-state index in [1.165, 1.54) is 33.4 Å². The molecule has 214 valence electrons. The van der Waals surface area contributed by atoms with Gasteiger partial charge in [0.2, 0.25) is 0 Å². The Balaban J connectivity index is 1.20. The highest BCUT2D eigenvalue weighted by molar-refractivity contribution is 7.81. The molecule has 43 heavy (non-hydrogen) atoms. The molecule has 1 aliphatic heterocycles. The van der Waals surface area contributed by atoms with Crippen molar-refractivity contribution in [1.29, 1.82) is 0 Å². The fourth-order valence-corrected chi connectivity index (χ4v) is 6.61. The van der Waals surface area contributed by atoms with E-state index >= 15 is 0 Å². The minimum Gasteiger partial charge on any atom is -0.399 e.